The third-order valence-electron chi connectivity index (χ3n) is 3.36. The first kappa shape index (κ1) is 13.5. The van der Waals surface area contributed by atoms with E-state index in [4.69, 9.17) is 0 Å². The Morgan fingerprint density at radius 3 is 1.45 bits per heavy atom. The van der Waals surface area contributed by atoms with Crippen LogP contribution in [0.3, 0.4) is 0 Å². The summed E-state index contributed by atoms with van der Waals surface area (Å²) in [6.07, 6.45) is 2.70. The van der Waals surface area contributed by atoms with Crippen molar-refractivity contribution in [3.8, 4) is 0 Å². The van der Waals surface area contributed by atoms with Crippen LogP contribution in [0.15, 0.2) is 46.4 Å². The second-order valence-electron chi connectivity index (χ2n) is 4.46. The van der Waals surface area contributed by atoms with Crippen molar-refractivity contribution in [1.29, 1.82) is 0 Å². The van der Waals surface area contributed by atoms with Crippen molar-refractivity contribution < 1.29 is 19.2 Å². The van der Waals surface area contributed by atoms with Gasteiger partial charge in [-0.25, -0.2) is 9.59 Å². The van der Waals surface area contributed by atoms with Gasteiger partial charge in [-0.15, -0.1) is 0 Å². The third-order valence-corrected chi connectivity index (χ3v) is 3.36. The second kappa shape index (κ2) is 5.14. The highest BCUT2D eigenvalue weighted by atomic mass is 16.1. The SMILES string of the molecule is O=C=Nc1ccc(N=C=O)c2c1C(=O)c1ccccc1C2=O. The minimum atomic E-state index is -0.456. The van der Waals surface area contributed by atoms with Crippen LogP contribution < -0.4 is 0 Å². The zero-order valence-corrected chi connectivity index (χ0v) is 11.0. The quantitative estimate of drug-likeness (QED) is 0.535. The molecule has 0 atom stereocenters. The van der Waals surface area contributed by atoms with Crippen molar-refractivity contribution in [3.05, 3.63) is 58.7 Å². The molecule has 0 N–H and O–H groups in total. The molecule has 104 valence electrons. The van der Waals surface area contributed by atoms with Gasteiger partial charge in [0, 0.05) is 11.1 Å². The Balaban J connectivity index is 2.43. The third kappa shape index (κ3) is 1.84. The molecule has 1 aliphatic carbocycles. The lowest BCUT2D eigenvalue weighted by molar-refractivity contribution is 0.0980. The van der Waals surface area contributed by atoms with Crippen molar-refractivity contribution in [3.63, 3.8) is 0 Å². The van der Waals surface area contributed by atoms with Gasteiger partial charge in [0.1, 0.15) is 0 Å². The summed E-state index contributed by atoms with van der Waals surface area (Å²) < 4.78 is 0. The molecule has 22 heavy (non-hydrogen) atoms. The van der Waals surface area contributed by atoms with Crippen molar-refractivity contribution in [2.75, 3.05) is 0 Å². The molecule has 3 rings (SSSR count). The standard InChI is InChI=1S/C16H6N2O4/c19-7-17-11-5-6-12(18-8-20)14-13(11)15(21)9-3-1-2-4-10(9)16(14)22/h1-6H. The molecule has 1 aliphatic rings. The van der Waals surface area contributed by atoms with Gasteiger partial charge in [0.2, 0.25) is 12.2 Å². The van der Waals surface area contributed by atoms with Crippen LogP contribution in [-0.2, 0) is 9.59 Å². The van der Waals surface area contributed by atoms with Crippen LogP contribution in [0.1, 0.15) is 31.8 Å². The molecule has 0 aliphatic heterocycles. The number of ketones is 2. The topological polar surface area (TPSA) is 93.0 Å². The summed E-state index contributed by atoms with van der Waals surface area (Å²) in [5.74, 6) is -0.913. The highest BCUT2D eigenvalue weighted by Crippen LogP contribution is 2.38. The lowest BCUT2D eigenvalue weighted by atomic mass is 9.82. The van der Waals surface area contributed by atoms with Crippen LogP contribution in [0.2, 0.25) is 0 Å². The number of isocyanates is 2. The molecule has 0 amide bonds. The normalized spacial score (nSPS) is 11.8. The summed E-state index contributed by atoms with van der Waals surface area (Å²) >= 11 is 0. The van der Waals surface area contributed by atoms with Crippen LogP contribution >= 0.6 is 0 Å². The first-order chi connectivity index (χ1) is 10.7. The predicted molar refractivity (Wildman–Crippen MR) is 75.3 cm³/mol. The largest absolute Gasteiger partial charge is 0.288 e. The first-order valence-corrected chi connectivity index (χ1v) is 6.20. The number of fused-ring (bicyclic) bond motifs is 2. The van der Waals surface area contributed by atoms with Crippen molar-refractivity contribution in [1.82, 2.24) is 0 Å². The van der Waals surface area contributed by atoms with E-state index in [1.165, 1.54) is 36.4 Å². The molecule has 2 aromatic carbocycles. The number of nitrogens with zero attached hydrogens (tertiary/aromatic N) is 2. The molecule has 0 unspecified atom stereocenters. The summed E-state index contributed by atoms with van der Waals surface area (Å²) in [6.45, 7) is 0. The first-order valence-electron chi connectivity index (χ1n) is 6.20. The fourth-order valence-electron chi connectivity index (χ4n) is 2.47. The molecule has 0 aromatic heterocycles. The minimum absolute atomic E-state index is 0.0164. The molecule has 0 spiro atoms. The zero-order chi connectivity index (χ0) is 15.7. The maximum absolute atomic E-state index is 12.6. The number of carbonyl (C=O) groups is 2. The smallest absolute Gasteiger partial charge is 0.240 e. The Hall–Kier alpha value is -3.46. The maximum atomic E-state index is 12.6. The maximum Gasteiger partial charge on any atom is 0.240 e. The molecule has 0 fully saturated rings. The fraction of sp³-hybridized carbons (Fsp3) is 0. The summed E-state index contributed by atoms with van der Waals surface area (Å²) in [7, 11) is 0. The number of hydrogen-bond donors (Lipinski definition) is 0. The molecular weight excluding hydrogens is 284 g/mol. The monoisotopic (exact) mass is 290 g/mol. The highest BCUT2D eigenvalue weighted by molar-refractivity contribution is 6.31. The van der Waals surface area contributed by atoms with Gasteiger partial charge in [0.25, 0.3) is 0 Å². The van der Waals surface area contributed by atoms with Crippen LogP contribution in [0, 0.1) is 0 Å². The summed E-state index contributed by atoms with van der Waals surface area (Å²) in [5.41, 5.74) is 0.363. The van der Waals surface area contributed by atoms with E-state index >= 15 is 0 Å². The van der Waals surface area contributed by atoms with E-state index in [1.54, 1.807) is 12.1 Å². The summed E-state index contributed by atoms with van der Waals surface area (Å²) in [6, 6.07) is 8.96. The van der Waals surface area contributed by atoms with Crippen LogP contribution in [-0.4, -0.2) is 23.7 Å². The Kier molecular flexibility index (Phi) is 3.16. The number of aliphatic imine (C=N–C) groups is 2. The van der Waals surface area contributed by atoms with E-state index in [0.717, 1.165) is 0 Å². The molecule has 0 bridgehead atoms. The zero-order valence-electron chi connectivity index (χ0n) is 11.0. The lowest BCUT2D eigenvalue weighted by Gasteiger charge is -2.19. The average molecular weight is 290 g/mol. The molecular formula is C16H6N2O4. The predicted octanol–water partition coefficient (Wildman–Crippen LogP) is 2.40. The van der Waals surface area contributed by atoms with E-state index < -0.39 is 11.6 Å². The van der Waals surface area contributed by atoms with Gasteiger partial charge in [-0.05, 0) is 12.1 Å². The molecule has 6 heteroatoms. The number of carbonyl (C=O) groups excluding carboxylic acids is 4. The minimum Gasteiger partial charge on any atom is -0.288 e. The Labute approximate surface area is 123 Å². The van der Waals surface area contributed by atoms with Gasteiger partial charge in [0.15, 0.2) is 11.6 Å². The fourth-order valence-corrected chi connectivity index (χ4v) is 2.47. The van der Waals surface area contributed by atoms with Crippen LogP contribution in [0.5, 0.6) is 0 Å². The van der Waals surface area contributed by atoms with Crippen molar-refractivity contribution in [2.45, 2.75) is 0 Å². The van der Waals surface area contributed by atoms with Crippen LogP contribution in [0.25, 0.3) is 0 Å². The molecule has 6 nitrogen and oxygen atoms in total. The average Bonchev–Trinajstić information content (AvgIpc) is 2.54. The van der Waals surface area contributed by atoms with Gasteiger partial charge in [-0.3, -0.25) is 9.59 Å². The molecule has 0 radical (unpaired) electrons. The van der Waals surface area contributed by atoms with E-state index in [-0.39, 0.29) is 33.6 Å². The summed E-state index contributed by atoms with van der Waals surface area (Å²) in [5, 5.41) is 0. The van der Waals surface area contributed by atoms with Crippen molar-refractivity contribution in [2.24, 2.45) is 9.98 Å². The number of benzene rings is 2. The van der Waals surface area contributed by atoms with Gasteiger partial charge in [0.05, 0.1) is 22.5 Å². The molecule has 0 saturated carbocycles. The van der Waals surface area contributed by atoms with E-state index in [0.29, 0.717) is 0 Å². The lowest BCUT2D eigenvalue weighted by Crippen LogP contribution is -2.21. The molecule has 0 heterocycles. The number of hydrogen-bond acceptors (Lipinski definition) is 6. The Morgan fingerprint density at radius 2 is 1.09 bits per heavy atom. The molecule has 2 aromatic rings. The Bertz CT molecular complexity index is 857. The Morgan fingerprint density at radius 1 is 0.682 bits per heavy atom. The van der Waals surface area contributed by atoms with E-state index in [9.17, 15) is 19.2 Å². The van der Waals surface area contributed by atoms with Gasteiger partial charge in [-0.1, -0.05) is 24.3 Å². The van der Waals surface area contributed by atoms with Gasteiger partial charge in [-0.2, -0.15) is 9.98 Å². The van der Waals surface area contributed by atoms with Crippen LogP contribution in [0.4, 0.5) is 11.4 Å². The van der Waals surface area contributed by atoms with E-state index in [2.05, 4.69) is 9.98 Å². The van der Waals surface area contributed by atoms with E-state index in [1.807, 2.05) is 0 Å². The summed E-state index contributed by atoms with van der Waals surface area (Å²) in [4.78, 5) is 53.2. The number of rotatable bonds is 2. The second-order valence-corrected chi connectivity index (χ2v) is 4.46. The van der Waals surface area contributed by atoms with Crippen molar-refractivity contribution >= 4 is 35.1 Å². The van der Waals surface area contributed by atoms with Gasteiger partial charge >= 0.3 is 0 Å². The highest BCUT2D eigenvalue weighted by Gasteiger charge is 2.33. The van der Waals surface area contributed by atoms with Gasteiger partial charge < -0.3 is 0 Å². The molecule has 0 saturated heterocycles.